The molecule has 2 aromatic carbocycles. The van der Waals surface area contributed by atoms with Crippen LogP contribution >= 0.6 is 12.2 Å². The summed E-state index contributed by atoms with van der Waals surface area (Å²) in [6.07, 6.45) is 1.76. The summed E-state index contributed by atoms with van der Waals surface area (Å²) in [7, 11) is 0. The zero-order valence-electron chi connectivity index (χ0n) is 14.1. The van der Waals surface area contributed by atoms with Crippen LogP contribution in [0.5, 0.6) is 0 Å². The number of aryl methyl sites for hydroxylation is 1. The van der Waals surface area contributed by atoms with E-state index in [9.17, 15) is 0 Å². The van der Waals surface area contributed by atoms with Crippen LogP contribution in [-0.4, -0.2) is 11.3 Å². The maximum Gasteiger partial charge on any atom is 0.191 e. The first kappa shape index (κ1) is 17.2. The van der Waals surface area contributed by atoms with E-state index in [1.165, 1.54) is 5.56 Å². The number of anilines is 1. The van der Waals surface area contributed by atoms with Gasteiger partial charge in [-0.2, -0.15) is 5.10 Å². The number of benzene rings is 2. The van der Waals surface area contributed by atoms with Crippen molar-refractivity contribution in [3.05, 3.63) is 65.2 Å². The molecule has 0 radical (unpaired) electrons. The largest absolute Gasteiger partial charge is 0.331 e. The topological polar surface area (TPSA) is 36.4 Å². The number of thiocarbonyl (C=S) groups is 1. The number of nitrogens with zero attached hydrogens (tertiary/aromatic N) is 1. The molecule has 0 aliphatic rings. The molecule has 0 spiro atoms. The van der Waals surface area contributed by atoms with Crippen molar-refractivity contribution in [2.75, 3.05) is 5.32 Å². The molecule has 0 heterocycles. The summed E-state index contributed by atoms with van der Waals surface area (Å²) in [4.78, 5) is 0. The van der Waals surface area contributed by atoms with Gasteiger partial charge in [0, 0.05) is 5.69 Å². The Morgan fingerprint density at radius 3 is 2.30 bits per heavy atom. The van der Waals surface area contributed by atoms with E-state index >= 15 is 0 Å². The average Bonchev–Trinajstić information content (AvgIpc) is 2.49. The molecule has 0 aliphatic heterocycles. The van der Waals surface area contributed by atoms with Crippen molar-refractivity contribution in [3.8, 4) is 0 Å². The molecular weight excluding hydrogens is 302 g/mol. The Morgan fingerprint density at radius 1 is 1.04 bits per heavy atom. The van der Waals surface area contributed by atoms with Crippen molar-refractivity contribution >= 4 is 29.2 Å². The van der Waals surface area contributed by atoms with E-state index in [4.69, 9.17) is 12.2 Å². The van der Waals surface area contributed by atoms with E-state index < -0.39 is 0 Å². The fraction of sp³-hybridized carbons (Fsp3) is 0.263. The van der Waals surface area contributed by atoms with Gasteiger partial charge < -0.3 is 5.32 Å². The van der Waals surface area contributed by atoms with Gasteiger partial charge in [0.2, 0.25) is 0 Å². The van der Waals surface area contributed by atoms with E-state index in [1.54, 1.807) is 6.21 Å². The van der Waals surface area contributed by atoms with Crippen molar-refractivity contribution in [1.82, 2.24) is 5.43 Å². The predicted octanol–water partition coefficient (Wildman–Crippen LogP) is 4.61. The van der Waals surface area contributed by atoms with Gasteiger partial charge in [0.15, 0.2) is 5.11 Å². The van der Waals surface area contributed by atoms with Crippen LogP contribution in [0.2, 0.25) is 0 Å². The highest BCUT2D eigenvalue weighted by atomic mass is 32.1. The number of rotatable bonds is 3. The fourth-order valence-corrected chi connectivity index (χ4v) is 2.26. The normalized spacial score (nSPS) is 11.5. The summed E-state index contributed by atoms with van der Waals surface area (Å²) in [5.41, 5.74) is 7.46. The number of hydrogen-bond donors (Lipinski definition) is 2. The molecule has 4 heteroatoms. The molecule has 0 aliphatic carbocycles. The van der Waals surface area contributed by atoms with Crippen molar-refractivity contribution in [2.24, 2.45) is 5.10 Å². The van der Waals surface area contributed by atoms with Gasteiger partial charge in [-0.25, -0.2) is 0 Å². The van der Waals surface area contributed by atoms with Gasteiger partial charge in [-0.3, -0.25) is 5.43 Å². The lowest BCUT2D eigenvalue weighted by Gasteiger charge is -2.18. The van der Waals surface area contributed by atoms with Crippen LogP contribution in [0.15, 0.2) is 53.6 Å². The average molecular weight is 325 g/mol. The Bertz CT molecular complexity index is 697. The van der Waals surface area contributed by atoms with E-state index in [0.717, 1.165) is 16.8 Å². The third-order valence-corrected chi connectivity index (χ3v) is 3.74. The standard InChI is InChI=1S/C19H23N3S/c1-14-7-5-6-8-17(14)21-18(23)22-20-13-15-9-11-16(12-10-15)19(2,3)4/h5-13H,1-4H3,(H2,21,22,23)/b20-13-. The molecule has 0 saturated carbocycles. The quantitative estimate of drug-likeness (QED) is 0.491. The molecule has 0 aromatic heterocycles. The minimum Gasteiger partial charge on any atom is -0.331 e. The molecule has 3 nitrogen and oxygen atoms in total. The summed E-state index contributed by atoms with van der Waals surface area (Å²) in [5, 5.41) is 7.79. The van der Waals surface area contributed by atoms with Crippen LogP contribution in [0.25, 0.3) is 0 Å². The molecule has 0 saturated heterocycles. The van der Waals surface area contributed by atoms with Crippen LogP contribution in [0, 0.1) is 6.92 Å². The summed E-state index contributed by atoms with van der Waals surface area (Å²) in [6, 6.07) is 16.4. The lowest BCUT2D eigenvalue weighted by Crippen LogP contribution is -2.24. The van der Waals surface area contributed by atoms with Crippen LogP contribution in [0.3, 0.4) is 0 Å². The summed E-state index contributed by atoms with van der Waals surface area (Å²) < 4.78 is 0. The summed E-state index contributed by atoms with van der Waals surface area (Å²) in [5.74, 6) is 0. The highest BCUT2D eigenvalue weighted by Gasteiger charge is 2.12. The molecule has 0 fully saturated rings. The fourth-order valence-electron chi connectivity index (χ4n) is 2.10. The van der Waals surface area contributed by atoms with Gasteiger partial charge in [0.25, 0.3) is 0 Å². The van der Waals surface area contributed by atoms with Crippen LogP contribution in [0.4, 0.5) is 5.69 Å². The predicted molar refractivity (Wildman–Crippen MR) is 103 cm³/mol. The monoisotopic (exact) mass is 325 g/mol. The number of para-hydroxylation sites is 1. The van der Waals surface area contributed by atoms with Crippen molar-refractivity contribution in [3.63, 3.8) is 0 Å². The van der Waals surface area contributed by atoms with E-state index in [-0.39, 0.29) is 5.41 Å². The molecular formula is C19H23N3S. The van der Waals surface area contributed by atoms with Gasteiger partial charge in [0.05, 0.1) is 6.21 Å². The Morgan fingerprint density at radius 2 is 1.70 bits per heavy atom. The van der Waals surface area contributed by atoms with Gasteiger partial charge in [-0.15, -0.1) is 0 Å². The zero-order valence-corrected chi connectivity index (χ0v) is 14.9. The molecule has 2 N–H and O–H groups in total. The SMILES string of the molecule is Cc1ccccc1NC(=S)N/N=C\c1ccc(C(C)(C)C)cc1. The van der Waals surface area contributed by atoms with Gasteiger partial charge >= 0.3 is 0 Å². The minimum atomic E-state index is 0.160. The Balaban J connectivity index is 1.91. The van der Waals surface area contributed by atoms with Crippen molar-refractivity contribution in [2.45, 2.75) is 33.1 Å². The van der Waals surface area contributed by atoms with E-state index in [0.29, 0.717) is 5.11 Å². The van der Waals surface area contributed by atoms with Crippen LogP contribution in [-0.2, 0) is 5.41 Å². The zero-order chi connectivity index (χ0) is 16.9. The highest BCUT2D eigenvalue weighted by molar-refractivity contribution is 7.80. The molecule has 2 rings (SSSR count). The maximum absolute atomic E-state index is 5.24. The lowest BCUT2D eigenvalue weighted by atomic mass is 9.87. The highest BCUT2D eigenvalue weighted by Crippen LogP contribution is 2.21. The summed E-state index contributed by atoms with van der Waals surface area (Å²) in [6.45, 7) is 8.64. The second kappa shape index (κ2) is 7.38. The molecule has 2 aromatic rings. The Labute approximate surface area is 143 Å². The third-order valence-electron chi connectivity index (χ3n) is 3.55. The third kappa shape index (κ3) is 5.18. The maximum atomic E-state index is 5.24. The van der Waals surface area contributed by atoms with Crippen LogP contribution in [0.1, 0.15) is 37.5 Å². The first-order valence-corrected chi connectivity index (χ1v) is 8.03. The van der Waals surface area contributed by atoms with Gasteiger partial charge in [-0.05, 0) is 47.3 Å². The first-order chi connectivity index (χ1) is 10.9. The summed E-state index contributed by atoms with van der Waals surface area (Å²) >= 11 is 5.24. The smallest absolute Gasteiger partial charge is 0.191 e. The number of hydrazone groups is 1. The molecule has 0 bridgehead atoms. The number of nitrogens with one attached hydrogen (secondary N) is 2. The van der Waals surface area contributed by atoms with Crippen molar-refractivity contribution in [1.29, 1.82) is 0 Å². The molecule has 0 unspecified atom stereocenters. The molecule has 120 valence electrons. The van der Waals surface area contributed by atoms with Gasteiger partial charge in [0.1, 0.15) is 0 Å². The van der Waals surface area contributed by atoms with E-state index in [1.807, 2.05) is 31.2 Å². The van der Waals surface area contributed by atoms with Crippen LogP contribution < -0.4 is 10.7 Å². The van der Waals surface area contributed by atoms with E-state index in [2.05, 4.69) is 60.9 Å². The second-order valence-corrected chi connectivity index (χ2v) is 6.92. The lowest BCUT2D eigenvalue weighted by molar-refractivity contribution is 0.590. The molecule has 0 amide bonds. The molecule has 23 heavy (non-hydrogen) atoms. The Kier molecular flexibility index (Phi) is 5.50. The second-order valence-electron chi connectivity index (χ2n) is 6.51. The minimum absolute atomic E-state index is 0.160. The molecule has 0 atom stereocenters. The first-order valence-electron chi connectivity index (χ1n) is 7.62. The number of hydrogen-bond acceptors (Lipinski definition) is 2. The van der Waals surface area contributed by atoms with Gasteiger partial charge in [-0.1, -0.05) is 63.2 Å². The van der Waals surface area contributed by atoms with Crippen molar-refractivity contribution < 1.29 is 0 Å². The Hall–Kier alpha value is -2.20.